The zero-order chi connectivity index (χ0) is 8.31. The molecule has 0 rings (SSSR count). The first-order chi connectivity index (χ1) is 4.46. The van der Waals surface area contributed by atoms with Crippen molar-refractivity contribution < 1.29 is 0 Å². The molecule has 0 bridgehead atoms. The first-order valence-corrected chi connectivity index (χ1v) is 3.12. The molecule has 0 saturated heterocycles. The normalized spacial score (nSPS) is 15.9. The van der Waals surface area contributed by atoms with Gasteiger partial charge in [0.15, 0.2) is 0 Å². The summed E-state index contributed by atoms with van der Waals surface area (Å²) in [4.78, 5) is 0. The van der Waals surface area contributed by atoms with Gasteiger partial charge < -0.3 is 17.2 Å². The van der Waals surface area contributed by atoms with Crippen molar-refractivity contribution in [1.82, 2.24) is 0 Å². The Labute approximate surface area is 61.6 Å². The fourth-order valence-electron chi connectivity index (χ4n) is 0.508. The van der Waals surface area contributed by atoms with Crippen molar-refractivity contribution in [2.45, 2.75) is 20.8 Å². The van der Waals surface area contributed by atoms with Gasteiger partial charge in [-0.25, -0.2) is 0 Å². The molecule has 3 heteroatoms. The SMILES string of the molecule is C/C(N)=C(N)\C(C)=C(/C)N. The van der Waals surface area contributed by atoms with Gasteiger partial charge in [-0.15, -0.1) is 0 Å². The lowest BCUT2D eigenvalue weighted by Gasteiger charge is -2.05. The minimum absolute atomic E-state index is 0.583. The van der Waals surface area contributed by atoms with E-state index in [2.05, 4.69) is 0 Å². The summed E-state index contributed by atoms with van der Waals surface area (Å²) in [6.07, 6.45) is 0. The molecular weight excluding hydrogens is 126 g/mol. The van der Waals surface area contributed by atoms with Crippen molar-refractivity contribution in [1.29, 1.82) is 0 Å². The number of hydrogen-bond acceptors (Lipinski definition) is 3. The molecule has 0 radical (unpaired) electrons. The molecule has 58 valence electrons. The summed E-state index contributed by atoms with van der Waals surface area (Å²) in [6.45, 7) is 5.40. The second-order valence-corrected chi connectivity index (χ2v) is 2.40. The lowest BCUT2D eigenvalue weighted by atomic mass is 10.1. The number of nitrogens with two attached hydrogens (primary N) is 3. The third-order valence-electron chi connectivity index (χ3n) is 1.42. The molecular formula is C7H15N3. The quantitative estimate of drug-likeness (QED) is 0.462. The van der Waals surface area contributed by atoms with Crippen molar-refractivity contribution in [2.75, 3.05) is 0 Å². The highest BCUT2D eigenvalue weighted by molar-refractivity contribution is 5.31. The lowest BCUT2D eigenvalue weighted by Crippen LogP contribution is -2.11. The molecule has 0 fully saturated rings. The summed E-state index contributed by atoms with van der Waals surface area (Å²) in [7, 11) is 0. The minimum atomic E-state index is 0.583. The van der Waals surface area contributed by atoms with Crippen molar-refractivity contribution in [3.05, 3.63) is 22.7 Å². The molecule has 0 amide bonds. The van der Waals surface area contributed by atoms with Crippen molar-refractivity contribution >= 4 is 0 Å². The van der Waals surface area contributed by atoms with Crippen LogP contribution in [-0.2, 0) is 0 Å². The molecule has 0 atom stereocenters. The van der Waals surface area contributed by atoms with E-state index in [1.54, 1.807) is 13.8 Å². The first kappa shape index (κ1) is 8.88. The van der Waals surface area contributed by atoms with Gasteiger partial charge in [0.25, 0.3) is 0 Å². The van der Waals surface area contributed by atoms with Crippen LogP contribution in [0.25, 0.3) is 0 Å². The van der Waals surface area contributed by atoms with Gasteiger partial charge in [0.05, 0.1) is 5.70 Å². The number of hydrogen-bond donors (Lipinski definition) is 3. The number of allylic oxidation sites excluding steroid dienone is 3. The van der Waals surface area contributed by atoms with Crippen LogP contribution in [0.15, 0.2) is 22.7 Å². The molecule has 0 aliphatic rings. The van der Waals surface area contributed by atoms with E-state index in [0.29, 0.717) is 17.1 Å². The van der Waals surface area contributed by atoms with Crippen LogP contribution in [0.5, 0.6) is 0 Å². The molecule has 3 nitrogen and oxygen atoms in total. The molecule has 0 aromatic heterocycles. The van der Waals surface area contributed by atoms with Crippen LogP contribution >= 0.6 is 0 Å². The summed E-state index contributed by atoms with van der Waals surface area (Å²) in [5.41, 5.74) is 19.3. The Hall–Kier alpha value is -1.12. The van der Waals surface area contributed by atoms with Crippen LogP contribution in [0.1, 0.15) is 20.8 Å². The van der Waals surface area contributed by atoms with Gasteiger partial charge in [0.2, 0.25) is 0 Å². The highest BCUT2D eigenvalue weighted by atomic mass is 14.7. The third-order valence-corrected chi connectivity index (χ3v) is 1.42. The van der Waals surface area contributed by atoms with E-state index < -0.39 is 0 Å². The lowest BCUT2D eigenvalue weighted by molar-refractivity contribution is 1.11. The van der Waals surface area contributed by atoms with Gasteiger partial charge >= 0.3 is 0 Å². The van der Waals surface area contributed by atoms with Crippen LogP contribution in [0.3, 0.4) is 0 Å². The van der Waals surface area contributed by atoms with Crippen LogP contribution in [0, 0.1) is 0 Å². The fourth-order valence-corrected chi connectivity index (χ4v) is 0.508. The Bertz CT molecular complexity index is 159. The average Bonchev–Trinajstić information content (AvgIpc) is 1.84. The Morgan fingerprint density at radius 2 is 1.20 bits per heavy atom. The first-order valence-electron chi connectivity index (χ1n) is 3.12. The molecule has 0 aromatic carbocycles. The summed E-state index contributed by atoms with van der Waals surface area (Å²) < 4.78 is 0. The monoisotopic (exact) mass is 141 g/mol. The second-order valence-electron chi connectivity index (χ2n) is 2.40. The Morgan fingerprint density at radius 3 is 1.30 bits per heavy atom. The Balaban J connectivity index is 4.71. The standard InChI is InChI=1S/C7H15N3/c1-4(5(2)8)7(10)6(3)9/h8-10H2,1-3H3/b5-4+,7-6-. The van der Waals surface area contributed by atoms with Crippen molar-refractivity contribution in [3.63, 3.8) is 0 Å². The van der Waals surface area contributed by atoms with E-state index in [1.807, 2.05) is 6.92 Å². The van der Waals surface area contributed by atoms with Crippen molar-refractivity contribution in [2.24, 2.45) is 17.2 Å². The van der Waals surface area contributed by atoms with Crippen LogP contribution < -0.4 is 17.2 Å². The smallest absolute Gasteiger partial charge is 0.0548 e. The molecule has 0 aliphatic carbocycles. The predicted octanol–water partition coefficient (Wildman–Crippen LogP) is 0.388. The zero-order valence-corrected chi connectivity index (χ0v) is 6.73. The van der Waals surface area contributed by atoms with Crippen LogP contribution in [0.2, 0.25) is 0 Å². The molecule has 0 aliphatic heterocycles. The van der Waals surface area contributed by atoms with Gasteiger partial charge in [-0.1, -0.05) is 0 Å². The van der Waals surface area contributed by atoms with E-state index in [9.17, 15) is 0 Å². The molecule has 0 heterocycles. The van der Waals surface area contributed by atoms with E-state index >= 15 is 0 Å². The predicted molar refractivity (Wildman–Crippen MR) is 43.6 cm³/mol. The maximum atomic E-state index is 5.58. The summed E-state index contributed by atoms with van der Waals surface area (Å²) in [6, 6.07) is 0. The third kappa shape index (κ3) is 2.01. The maximum Gasteiger partial charge on any atom is 0.0548 e. The molecule has 0 spiro atoms. The van der Waals surface area contributed by atoms with E-state index in [4.69, 9.17) is 17.2 Å². The Kier molecular flexibility index (Phi) is 2.80. The second kappa shape index (κ2) is 3.15. The average molecular weight is 141 g/mol. The Morgan fingerprint density at radius 1 is 0.800 bits per heavy atom. The van der Waals surface area contributed by atoms with Gasteiger partial charge in [0.1, 0.15) is 0 Å². The van der Waals surface area contributed by atoms with Crippen molar-refractivity contribution in [3.8, 4) is 0 Å². The summed E-state index contributed by atoms with van der Waals surface area (Å²) in [5.74, 6) is 0. The van der Waals surface area contributed by atoms with Gasteiger partial charge in [-0.2, -0.15) is 0 Å². The van der Waals surface area contributed by atoms with Gasteiger partial charge in [0, 0.05) is 11.4 Å². The highest BCUT2D eigenvalue weighted by Crippen LogP contribution is 2.06. The van der Waals surface area contributed by atoms with Gasteiger partial charge in [-0.3, -0.25) is 0 Å². The fraction of sp³-hybridized carbons (Fsp3) is 0.429. The summed E-state index contributed by atoms with van der Waals surface area (Å²) in [5, 5.41) is 0. The molecule has 0 saturated carbocycles. The maximum absolute atomic E-state index is 5.58. The van der Waals surface area contributed by atoms with Gasteiger partial charge in [-0.05, 0) is 26.3 Å². The molecule has 0 unspecified atom stereocenters. The molecule has 0 aromatic rings. The molecule has 10 heavy (non-hydrogen) atoms. The largest absolute Gasteiger partial charge is 0.402 e. The summed E-state index contributed by atoms with van der Waals surface area (Å²) >= 11 is 0. The number of rotatable bonds is 1. The van der Waals surface area contributed by atoms with Crippen LogP contribution in [-0.4, -0.2) is 0 Å². The van der Waals surface area contributed by atoms with Crippen LogP contribution in [0.4, 0.5) is 0 Å². The highest BCUT2D eigenvalue weighted by Gasteiger charge is 1.98. The van der Waals surface area contributed by atoms with E-state index in [-0.39, 0.29) is 0 Å². The molecule has 6 N–H and O–H groups in total. The van der Waals surface area contributed by atoms with E-state index in [1.165, 1.54) is 0 Å². The topological polar surface area (TPSA) is 78.1 Å². The zero-order valence-electron chi connectivity index (χ0n) is 6.73. The van der Waals surface area contributed by atoms with E-state index in [0.717, 1.165) is 5.57 Å². The minimum Gasteiger partial charge on any atom is -0.402 e.